The number of thiazole rings is 1. The molecule has 0 bridgehead atoms. The van der Waals surface area contributed by atoms with Crippen LogP contribution in [0.2, 0.25) is 0 Å². The molecule has 2 heterocycles. The predicted octanol–water partition coefficient (Wildman–Crippen LogP) is 4.32. The van der Waals surface area contributed by atoms with E-state index in [4.69, 9.17) is 14.3 Å². The first-order chi connectivity index (χ1) is 12.1. The van der Waals surface area contributed by atoms with E-state index in [-0.39, 0.29) is 0 Å². The number of aromatic nitrogens is 1. The quantitative estimate of drug-likeness (QED) is 0.640. The zero-order valence-electron chi connectivity index (χ0n) is 14.8. The lowest BCUT2D eigenvalue weighted by Crippen LogP contribution is -2.14. The Bertz CT molecular complexity index is 946. The second-order valence-electron chi connectivity index (χ2n) is 5.51. The monoisotopic (exact) mass is 355 g/mol. The summed E-state index contributed by atoms with van der Waals surface area (Å²) in [6.45, 7) is 6.59. The smallest absolute Gasteiger partial charge is 0.206 e. The number of benzene rings is 1. The van der Waals surface area contributed by atoms with Crippen LogP contribution < -0.4 is 9.54 Å². The molecular weight excluding hydrogens is 334 g/mol. The van der Waals surface area contributed by atoms with Crippen LogP contribution in [-0.4, -0.2) is 24.0 Å². The fraction of sp³-hybridized carbons (Fsp3) is 0.263. The van der Waals surface area contributed by atoms with E-state index in [1.54, 1.807) is 18.4 Å². The fourth-order valence-electron chi connectivity index (χ4n) is 2.43. The van der Waals surface area contributed by atoms with Gasteiger partial charge in [0.25, 0.3) is 0 Å². The van der Waals surface area contributed by atoms with Gasteiger partial charge in [-0.3, -0.25) is 4.99 Å². The van der Waals surface area contributed by atoms with Gasteiger partial charge in [0.2, 0.25) is 4.80 Å². The van der Waals surface area contributed by atoms with E-state index < -0.39 is 0 Å². The first-order valence-corrected chi connectivity index (χ1v) is 8.98. The topological polar surface area (TPSA) is 52.0 Å². The van der Waals surface area contributed by atoms with Crippen molar-refractivity contribution in [3.05, 3.63) is 58.1 Å². The van der Waals surface area contributed by atoms with E-state index in [1.807, 2.05) is 61.8 Å². The Kier molecular flexibility index (Phi) is 5.19. The summed E-state index contributed by atoms with van der Waals surface area (Å²) in [5.41, 5.74) is 2.85. The molecule has 0 saturated carbocycles. The van der Waals surface area contributed by atoms with E-state index in [2.05, 4.69) is 10.4 Å². The van der Waals surface area contributed by atoms with Gasteiger partial charge in [0.05, 0.1) is 12.8 Å². The molecule has 25 heavy (non-hydrogen) atoms. The van der Waals surface area contributed by atoms with Gasteiger partial charge in [0.15, 0.2) is 0 Å². The van der Waals surface area contributed by atoms with Gasteiger partial charge in [-0.25, -0.2) is 4.68 Å². The molecule has 5 nitrogen and oxygen atoms in total. The van der Waals surface area contributed by atoms with Crippen LogP contribution in [0.3, 0.4) is 0 Å². The summed E-state index contributed by atoms with van der Waals surface area (Å²) in [7, 11) is 1.66. The summed E-state index contributed by atoms with van der Waals surface area (Å²) in [6.07, 6.45) is 0. The summed E-state index contributed by atoms with van der Waals surface area (Å²) in [5.74, 6) is 2.46. The fourth-order valence-corrected chi connectivity index (χ4v) is 3.32. The molecule has 2 aromatic heterocycles. The first-order valence-electron chi connectivity index (χ1n) is 8.10. The highest BCUT2D eigenvalue weighted by molar-refractivity contribution is 7.07. The number of hydrogen-bond donors (Lipinski definition) is 0. The third-order valence-electron chi connectivity index (χ3n) is 3.71. The highest BCUT2D eigenvalue weighted by atomic mass is 32.1. The van der Waals surface area contributed by atoms with E-state index in [1.165, 1.54) is 0 Å². The molecule has 0 radical (unpaired) electrons. The van der Waals surface area contributed by atoms with Crippen molar-refractivity contribution >= 4 is 17.0 Å². The van der Waals surface area contributed by atoms with E-state index in [0.29, 0.717) is 6.54 Å². The SMILES string of the molecule is CCN=c1scc(-c2ccc(OC)cc2)n1/N=C(\C)c1ccc(C)o1. The normalized spacial score (nSPS) is 12.6. The lowest BCUT2D eigenvalue weighted by Gasteiger charge is -2.06. The molecule has 0 saturated heterocycles. The van der Waals surface area contributed by atoms with Gasteiger partial charge in [-0.2, -0.15) is 5.10 Å². The third-order valence-corrected chi connectivity index (χ3v) is 4.57. The van der Waals surface area contributed by atoms with Gasteiger partial charge in [-0.05, 0) is 57.2 Å². The third kappa shape index (κ3) is 3.74. The second kappa shape index (κ2) is 7.53. The highest BCUT2D eigenvalue weighted by Crippen LogP contribution is 2.23. The molecule has 0 spiro atoms. The van der Waals surface area contributed by atoms with Crippen LogP contribution in [0.4, 0.5) is 0 Å². The highest BCUT2D eigenvalue weighted by Gasteiger charge is 2.10. The Labute approximate surface area is 150 Å². The van der Waals surface area contributed by atoms with Crippen molar-refractivity contribution in [1.82, 2.24) is 4.68 Å². The molecular formula is C19H21N3O2S. The van der Waals surface area contributed by atoms with Crippen molar-refractivity contribution in [2.75, 3.05) is 13.7 Å². The Morgan fingerprint density at radius 2 is 1.96 bits per heavy atom. The molecule has 0 aliphatic carbocycles. The molecule has 0 aliphatic heterocycles. The van der Waals surface area contributed by atoms with Gasteiger partial charge in [0, 0.05) is 17.5 Å². The summed E-state index contributed by atoms with van der Waals surface area (Å²) < 4.78 is 12.8. The van der Waals surface area contributed by atoms with Crippen molar-refractivity contribution < 1.29 is 9.15 Å². The van der Waals surface area contributed by atoms with Gasteiger partial charge in [0.1, 0.15) is 23.0 Å². The largest absolute Gasteiger partial charge is 0.497 e. The Morgan fingerprint density at radius 3 is 2.56 bits per heavy atom. The van der Waals surface area contributed by atoms with Crippen LogP contribution >= 0.6 is 11.3 Å². The van der Waals surface area contributed by atoms with Crippen LogP contribution in [0.15, 0.2) is 56.3 Å². The van der Waals surface area contributed by atoms with Crippen molar-refractivity contribution in [2.45, 2.75) is 20.8 Å². The average molecular weight is 355 g/mol. The van der Waals surface area contributed by atoms with E-state index >= 15 is 0 Å². The minimum atomic E-state index is 0.705. The number of ether oxygens (including phenoxy) is 1. The van der Waals surface area contributed by atoms with Gasteiger partial charge < -0.3 is 9.15 Å². The number of furan rings is 1. The lowest BCUT2D eigenvalue weighted by atomic mass is 10.2. The van der Waals surface area contributed by atoms with Crippen molar-refractivity contribution in [3.63, 3.8) is 0 Å². The number of rotatable bonds is 5. The summed E-state index contributed by atoms with van der Waals surface area (Å²) in [6, 6.07) is 11.8. The number of aryl methyl sites for hydroxylation is 1. The van der Waals surface area contributed by atoms with Crippen molar-refractivity contribution in [2.24, 2.45) is 10.1 Å². The van der Waals surface area contributed by atoms with Crippen LogP contribution in [-0.2, 0) is 0 Å². The van der Waals surface area contributed by atoms with Gasteiger partial charge in [-0.1, -0.05) is 0 Å². The molecule has 0 atom stereocenters. The van der Waals surface area contributed by atoms with Crippen LogP contribution in [0.5, 0.6) is 5.75 Å². The lowest BCUT2D eigenvalue weighted by molar-refractivity contribution is 0.415. The molecule has 0 fully saturated rings. The summed E-state index contributed by atoms with van der Waals surface area (Å²) in [4.78, 5) is 5.41. The zero-order chi connectivity index (χ0) is 17.8. The Morgan fingerprint density at radius 1 is 1.20 bits per heavy atom. The van der Waals surface area contributed by atoms with Gasteiger partial charge in [-0.15, -0.1) is 11.3 Å². The predicted molar refractivity (Wildman–Crippen MR) is 101 cm³/mol. The molecule has 0 unspecified atom stereocenters. The molecule has 6 heteroatoms. The molecule has 0 N–H and O–H groups in total. The maximum atomic E-state index is 5.68. The van der Waals surface area contributed by atoms with Crippen LogP contribution in [0, 0.1) is 6.92 Å². The van der Waals surface area contributed by atoms with Crippen molar-refractivity contribution in [1.29, 1.82) is 0 Å². The second-order valence-corrected chi connectivity index (χ2v) is 6.35. The summed E-state index contributed by atoms with van der Waals surface area (Å²) in [5, 5.41) is 6.83. The minimum absolute atomic E-state index is 0.705. The van der Waals surface area contributed by atoms with E-state index in [9.17, 15) is 0 Å². The standard InChI is InChI=1S/C19H21N3O2S/c1-5-20-19-22(21-14(3)18-11-6-13(2)24-18)17(12-25-19)15-7-9-16(23-4)10-8-15/h6-12H,5H2,1-4H3/b20-19?,21-14+. The van der Waals surface area contributed by atoms with E-state index in [0.717, 1.165) is 39.0 Å². The average Bonchev–Trinajstić information content (AvgIpc) is 3.22. The Balaban J connectivity index is 2.10. The molecule has 0 aliphatic rings. The maximum Gasteiger partial charge on any atom is 0.206 e. The molecule has 130 valence electrons. The first kappa shape index (κ1) is 17.2. The Hall–Kier alpha value is -2.60. The van der Waals surface area contributed by atoms with Crippen molar-refractivity contribution in [3.8, 4) is 17.0 Å². The molecule has 0 amide bonds. The summed E-state index contributed by atoms with van der Waals surface area (Å²) >= 11 is 1.58. The van der Waals surface area contributed by atoms with Crippen LogP contribution in [0.1, 0.15) is 25.4 Å². The van der Waals surface area contributed by atoms with Crippen LogP contribution in [0.25, 0.3) is 11.3 Å². The molecule has 3 aromatic rings. The zero-order valence-corrected chi connectivity index (χ0v) is 15.6. The van der Waals surface area contributed by atoms with Gasteiger partial charge >= 0.3 is 0 Å². The maximum absolute atomic E-state index is 5.68. The molecule has 1 aromatic carbocycles. The number of methoxy groups -OCH3 is 1. The minimum Gasteiger partial charge on any atom is -0.497 e. The number of hydrogen-bond acceptors (Lipinski definition) is 5. The molecule has 3 rings (SSSR count). The number of nitrogens with zero attached hydrogens (tertiary/aromatic N) is 3.